The van der Waals surface area contributed by atoms with Crippen molar-refractivity contribution in [2.75, 3.05) is 6.54 Å². The van der Waals surface area contributed by atoms with E-state index in [1.807, 2.05) is 24.3 Å². The smallest absolute Gasteiger partial charge is 0.125 e. The van der Waals surface area contributed by atoms with Crippen molar-refractivity contribution in [3.8, 4) is 0 Å². The van der Waals surface area contributed by atoms with E-state index in [0.29, 0.717) is 0 Å². The molecule has 2 heterocycles. The zero-order valence-corrected chi connectivity index (χ0v) is 11.0. The average molecular weight is 266 g/mol. The molecule has 1 aromatic heterocycles. The Morgan fingerprint density at radius 3 is 2.75 bits per heavy atom. The van der Waals surface area contributed by atoms with E-state index in [-0.39, 0.29) is 11.9 Å². The quantitative estimate of drug-likeness (QED) is 0.692. The van der Waals surface area contributed by atoms with Crippen LogP contribution in [0.2, 0.25) is 0 Å². The first-order chi connectivity index (χ1) is 9.83. The summed E-state index contributed by atoms with van der Waals surface area (Å²) < 4.78 is 13.4. The van der Waals surface area contributed by atoms with E-state index in [0.717, 1.165) is 23.9 Å². The van der Waals surface area contributed by atoms with Gasteiger partial charge in [0.2, 0.25) is 0 Å². The van der Waals surface area contributed by atoms with Crippen molar-refractivity contribution in [1.29, 1.82) is 0 Å². The minimum atomic E-state index is -0.194. The van der Waals surface area contributed by atoms with Gasteiger partial charge in [0.25, 0.3) is 0 Å². The second-order valence-corrected chi connectivity index (χ2v) is 5.25. The highest BCUT2D eigenvalue weighted by Gasteiger charge is 2.24. The summed E-state index contributed by atoms with van der Waals surface area (Å²) >= 11 is 0. The van der Waals surface area contributed by atoms with Crippen LogP contribution in [0.15, 0.2) is 48.5 Å². The molecular weight excluding hydrogens is 251 g/mol. The molecule has 3 aromatic rings. The number of rotatable bonds is 1. The SMILES string of the molecule is Fc1ccc2c3c([nH]c2c1)C(c1ccccc1)NCC3. The van der Waals surface area contributed by atoms with E-state index in [4.69, 9.17) is 0 Å². The summed E-state index contributed by atoms with van der Waals surface area (Å²) in [6.45, 7) is 0.941. The number of hydrogen-bond donors (Lipinski definition) is 2. The van der Waals surface area contributed by atoms with Crippen molar-refractivity contribution in [2.45, 2.75) is 12.5 Å². The summed E-state index contributed by atoms with van der Waals surface area (Å²) in [7, 11) is 0. The van der Waals surface area contributed by atoms with Crippen LogP contribution in [0.3, 0.4) is 0 Å². The fourth-order valence-corrected chi connectivity index (χ4v) is 3.14. The van der Waals surface area contributed by atoms with Crippen molar-refractivity contribution in [3.05, 3.63) is 71.2 Å². The molecule has 0 aliphatic carbocycles. The lowest BCUT2D eigenvalue weighted by Gasteiger charge is -2.24. The molecule has 1 atom stereocenters. The van der Waals surface area contributed by atoms with Gasteiger partial charge in [0.05, 0.1) is 6.04 Å². The number of hydrogen-bond acceptors (Lipinski definition) is 1. The van der Waals surface area contributed by atoms with Gasteiger partial charge in [-0.05, 0) is 35.7 Å². The molecule has 2 nitrogen and oxygen atoms in total. The van der Waals surface area contributed by atoms with E-state index in [9.17, 15) is 4.39 Å². The van der Waals surface area contributed by atoms with Gasteiger partial charge in [0.1, 0.15) is 5.82 Å². The van der Waals surface area contributed by atoms with E-state index >= 15 is 0 Å². The predicted octanol–water partition coefficient (Wildman–Crippen LogP) is 3.54. The summed E-state index contributed by atoms with van der Waals surface area (Å²) in [4.78, 5) is 3.40. The molecule has 0 saturated heterocycles. The predicted molar refractivity (Wildman–Crippen MR) is 78.2 cm³/mol. The Labute approximate surface area is 116 Å². The molecule has 1 aliphatic rings. The summed E-state index contributed by atoms with van der Waals surface area (Å²) in [6, 6.07) is 15.5. The second-order valence-electron chi connectivity index (χ2n) is 5.25. The minimum absolute atomic E-state index is 0.162. The minimum Gasteiger partial charge on any atom is -0.356 e. The molecule has 0 radical (unpaired) electrons. The maximum atomic E-state index is 13.4. The van der Waals surface area contributed by atoms with Crippen LogP contribution in [0.1, 0.15) is 22.9 Å². The number of benzene rings is 2. The number of H-pyrrole nitrogens is 1. The summed E-state index contributed by atoms with van der Waals surface area (Å²) in [5, 5.41) is 4.68. The summed E-state index contributed by atoms with van der Waals surface area (Å²) in [6.07, 6.45) is 0.976. The first-order valence-corrected chi connectivity index (χ1v) is 6.91. The van der Waals surface area contributed by atoms with Gasteiger partial charge in [0, 0.05) is 23.1 Å². The van der Waals surface area contributed by atoms with Gasteiger partial charge in [-0.3, -0.25) is 0 Å². The lowest BCUT2D eigenvalue weighted by molar-refractivity contribution is 0.560. The molecule has 4 rings (SSSR count). The molecule has 0 saturated carbocycles. The van der Waals surface area contributed by atoms with Gasteiger partial charge in [-0.1, -0.05) is 30.3 Å². The fourth-order valence-electron chi connectivity index (χ4n) is 3.14. The third-order valence-electron chi connectivity index (χ3n) is 4.05. The molecular formula is C17H15FN2. The number of aromatic amines is 1. The average Bonchev–Trinajstić information content (AvgIpc) is 2.85. The van der Waals surface area contributed by atoms with Crippen LogP contribution >= 0.6 is 0 Å². The highest BCUT2D eigenvalue weighted by Crippen LogP contribution is 2.33. The highest BCUT2D eigenvalue weighted by atomic mass is 19.1. The normalized spacial score (nSPS) is 18.1. The maximum Gasteiger partial charge on any atom is 0.125 e. The van der Waals surface area contributed by atoms with E-state index in [1.54, 1.807) is 6.07 Å². The molecule has 3 heteroatoms. The van der Waals surface area contributed by atoms with Gasteiger partial charge >= 0.3 is 0 Å². The van der Waals surface area contributed by atoms with Crippen LogP contribution in [0, 0.1) is 5.82 Å². The lowest BCUT2D eigenvalue weighted by atomic mass is 9.94. The molecule has 0 fully saturated rings. The molecule has 100 valence electrons. The topological polar surface area (TPSA) is 27.8 Å². The zero-order valence-electron chi connectivity index (χ0n) is 11.0. The van der Waals surface area contributed by atoms with Crippen molar-refractivity contribution < 1.29 is 4.39 Å². The molecule has 1 aliphatic heterocycles. The van der Waals surface area contributed by atoms with Crippen LogP contribution in [0.5, 0.6) is 0 Å². The zero-order chi connectivity index (χ0) is 13.5. The van der Waals surface area contributed by atoms with Crippen molar-refractivity contribution in [1.82, 2.24) is 10.3 Å². The van der Waals surface area contributed by atoms with E-state index in [1.165, 1.54) is 22.9 Å². The Hall–Kier alpha value is -2.13. The van der Waals surface area contributed by atoms with Crippen LogP contribution in [-0.2, 0) is 6.42 Å². The Morgan fingerprint density at radius 1 is 1.05 bits per heavy atom. The second kappa shape index (κ2) is 4.46. The summed E-state index contributed by atoms with van der Waals surface area (Å²) in [5.74, 6) is -0.194. The molecule has 2 aromatic carbocycles. The third kappa shape index (κ3) is 1.74. The fraction of sp³-hybridized carbons (Fsp3) is 0.176. The molecule has 0 amide bonds. The molecule has 2 N–H and O–H groups in total. The highest BCUT2D eigenvalue weighted by molar-refractivity contribution is 5.85. The van der Waals surface area contributed by atoms with Gasteiger partial charge in [0.15, 0.2) is 0 Å². The van der Waals surface area contributed by atoms with Gasteiger partial charge < -0.3 is 10.3 Å². The standard InChI is InChI=1S/C17H15FN2/c18-12-6-7-13-14-8-9-19-16(11-4-2-1-3-5-11)17(14)20-15(13)10-12/h1-7,10,16,19-20H,8-9H2. The monoisotopic (exact) mass is 266 g/mol. The van der Waals surface area contributed by atoms with Gasteiger partial charge in [-0.15, -0.1) is 0 Å². The number of fused-ring (bicyclic) bond motifs is 3. The van der Waals surface area contributed by atoms with Crippen LogP contribution in [0.4, 0.5) is 4.39 Å². The first-order valence-electron chi connectivity index (χ1n) is 6.91. The molecule has 0 bridgehead atoms. The van der Waals surface area contributed by atoms with Crippen LogP contribution in [-0.4, -0.2) is 11.5 Å². The molecule has 1 unspecified atom stereocenters. The summed E-state index contributed by atoms with van der Waals surface area (Å²) in [5.41, 5.74) is 4.61. The van der Waals surface area contributed by atoms with Crippen molar-refractivity contribution in [2.24, 2.45) is 0 Å². The number of aromatic nitrogens is 1. The Bertz CT molecular complexity index is 761. The Morgan fingerprint density at radius 2 is 1.90 bits per heavy atom. The van der Waals surface area contributed by atoms with Crippen molar-refractivity contribution >= 4 is 10.9 Å². The maximum absolute atomic E-state index is 13.4. The Balaban J connectivity index is 1.91. The Kier molecular flexibility index (Phi) is 2.60. The van der Waals surface area contributed by atoms with Gasteiger partial charge in [-0.2, -0.15) is 0 Å². The van der Waals surface area contributed by atoms with E-state index < -0.39 is 0 Å². The number of halogens is 1. The van der Waals surface area contributed by atoms with Gasteiger partial charge in [-0.25, -0.2) is 4.39 Å². The van der Waals surface area contributed by atoms with Crippen LogP contribution < -0.4 is 5.32 Å². The molecule has 20 heavy (non-hydrogen) atoms. The van der Waals surface area contributed by atoms with Crippen LogP contribution in [0.25, 0.3) is 10.9 Å². The molecule has 0 spiro atoms. The van der Waals surface area contributed by atoms with E-state index in [2.05, 4.69) is 22.4 Å². The first kappa shape index (κ1) is 11.7. The van der Waals surface area contributed by atoms with Crippen molar-refractivity contribution in [3.63, 3.8) is 0 Å². The number of nitrogens with one attached hydrogen (secondary N) is 2. The lowest BCUT2D eigenvalue weighted by Crippen LogP contribution is -2.30. The largest absolute Gasteiger partial charge is 0.356 e. The third-order valence-corrected chi connectivity index (χ3v) is 4.05.